The van der Waals surface area contributed by atoms with Crippen LogP contribution in [0.2, 0.25) is 0 Å². The standard InChI is InChI=1S/C13H13FO2/c1-16-13(15)9-4-2-3-6-11-7-5-8-12(14)10-11/h2-5,7-10H,6H2,1H3/b3-2+,9-4+. The molecule has 0 aliphatic heterocycles. The minimum atomic E-state index is -0.393. The van der Waals surface area contributed by atoms with E-state index in [0.29, 0.717) is 6.42 Å². The summed E-state index contributed by atoms with van der Waals surface area (Å²) in [6.45, 7) is 0. The second-order valence-electron chi connectivity index (χ2n) is 3.14. The van der Waals surface area contributed by atoms with E-state index in [9.17, 15) is 9.18 Å². The second-order valence-corrected chi connectivity index (χ2v) is 3.14. The number of ether oxygens (including phenoxy) is 1. The van der Waals surface area contributed by atoms with Gasteiger partial charge < -0.3 is 4.74 Å². The molecule has 0 aliphatic rings. The molecule has 3 heteroatoms. The molecule has 16 heavy (non-hydrogen) atoms. The third kappa shape index (κ3) is 4.55. The molecule has 0 aromatic heterocycles. The van der Waals surface area contributed by atoms with Gasteiger partial charge >= 0.3 is 5.97 Å². The van der Waals surface area contributed by atoms with Crippen molar-refractivity contribution in [1.82, 2.24) is 0 Å². The van der Waals surface area contributed by atoms with Crippen molar-refractivity contribution in [1.29, 1.82) is 0 Å². The molecule has 1 aromatic rings. The lowest BCUT2D eigenvalue weighted by Crippen LogP contribution is -1.92. The highest BCUT2D eigenvalue weighted by Gasteiger charge is 1.91. The predicted octanol–water partition coefficient (Wildman–Crippen LogP) is 2.65. The zero-order valence-electron chi connectivity index (χ0n) is 9.02. The van der Waals surface area contributed by atoms with Gasteiger partial charge in [-0.3, -0.25) is 0 Å². The molecule has 1 rings (SSSR count). The highest BCUT2D eigenvalue weighted by molar-refractivity contribution is 5.82. The SMILES string of the molecule is COC(=O)/C=C/C=C/Cc1cccc(F)c1. The average molecular weight is 220 g/mol. The summed E-state index contributed by atoms with van der Waals surface area (Å²) in [6, 6.07) is 6.40. The molecule has 1 aromatic carbocycles. The molecule has 0 spiro atoms. The minimum absolute atomic E-state index is 0.240. The van der Waals surface area contributed by atoms with Crippen molar-refractivity contribution >= 4 is 5.97 Å². The maximum Gasteiger partial charge on any atom is 0.330 e. The van der Waals surface area contributed by atoms with Gasteiger partial charge in [-0.15, -0.1) is 0 Å². The van der Waals surface area contributed by atoms with Crippen LogP contribution in [0.4, 0.5) is 4.39 Å². The molecule has 0 atom stereocenters. The third-order valence-corrected chi connectivity index (χ3v) is 1.92. The van der Waals surface area contributed by atoms with Gasteiger partial charge in [0.1, 0.15) is 5.82 Å². The first-order chi connectivity index (χ1) is 7.72. The van der Waals surface area contributed by atoms with Crippen molar-refractivity contribution in [2.45, 2.75) is 6.42 Å². The Kier molecular flexibility index (Phi) is 4.99. The van der Waals surface area contributed by atoms with Gasteiger partial charge in [0.05, 0.1) is 7.11 Å². The summed E-state index contributed by atoms with van der Waals surface area (Å²) >= 11 is 0. The first-order valence-corrected chi connectivity index (χ1v) is 4.88. The fourth-order valence-corrected chi connectivity index (χ4v) is 1.15. The molecular weight excluding hydrogens is 207 g/mol. The van der Waals surface area contributed by atoms with Gasteiger partial charge in [-0.1, -0.05) is 30.4 Å². The minimum Gasteiger partial charge on any atom is -0.466 e. The van der Waals surface area contributed by atoms with Crippen molar-refractivity contribution in [3.8, 4) is 0 Å². The highest BCUT2D eigenvalue weighted by Crippen LogP contribution is 2.04. The van der Waals surface area contributed by atoms with Crippen LogP contribution in [0.5, 0.6) is 0 Å². The molecular formula is C13H13FO2. The van der Waals surface area contributed by atoms with Crippen LogP contribution >= 0.6 is 0 Å². The molecule has 0 fully saturated rings. The number of hydrogen-bond donors (Lipinski definition) is 0. The lowest BCUT2D eigenvalue weighted by atomic mass is 10.1. The van der Waals surface area contributed by atoms with E-state index >= 15 is 0 Å². The van der Waals surface area contributed by atoms with Gasteiger partial charge in [0.15, 0.2) is 0 Å². The molecule has 0 heterocycles. The van der Waals surface area contributed by atoms with E-state index in [2.05, 4.69) is 4.74 Å². The number of halogens is 1. The molecule has 2 nitrogen and oxygen atoms in total. The van der Waals surface area contributed by atoms with Gasteiger partial charge in [0, 0.05) is 6.08 Å². The van der Waals surface area contributed by atoms with E-state index in [1.165, 1.54) is 25.3 Å². The fourth-order valence-electron chi connectivity index (χ4n) is 1.15. The summed E-state index contributed by atoms with van der Waals surface area (Å²) in [7, 11) is 1.32. The summed E-state index contributed by atoms with van der Waals surface area (Å²) in [5, 5.41) is 0. The van der Waals surface area contributed by atoms with Gasteiger partial charge in [0.25, 0.3) is 0 Å². The van der Waals surface area contributed by atoms with E-state index in [4.69, 9.17) is 0 Å². The van der Waals surface area contributed by atoms with E-state index in [-0.39, 0.29) is 5.82 Å². The predicted molar refractivity (Wildman–Crippen MR) is 60.4 cm³/mol. The smallest absolute Gasteiger partial charge is 0.330 e. The zero-order chi connectivity index (χ0) is 11.8. The van der Waals surface area contributed by atoms with Crippen LogP contribution in [0.3, 0.4) is 0 Å². The number of hydrogen-bond acceptors (Lipinski definition) is 2. The molecule has 0 N–H and O–H groups in total. The highest BCUT2D eigenvalue weighted by atomic mass is 19.1. The fraction of sp³-hybridized carbons (Fsp3) is 0.154. The largest absolute Gasteiger partial charge is 0.466 e. The Morgan fingerprint density at radius 2 is 2.25 bits per heavy atom. The summed E-state index contributed by atoms with van der Waals surface area (Å²) in [5.74, 6) is -0.633. The van der Waals surface area contributed by atoms with Crippen LogP contribution in [0.25, 0.3) is 0 Å². The molecule has 0 saturated carbocycles. The Labute approximate surface area is 94.0 Å². The van der Waals surface area contributed by atoms with E-state index in [1.807, 2.05) is 12.1 Å². The molecule has 0 amide bonds. The van der Waals surface area contributed by atoms with Gasteiger partial charge in [-0.2, -0.15) is 0 Å². The Bertz CT molecular complexity index is 408. The Morgan fingerprint density at radius 3 is 2.94 bits per heavy atom. The van der Waals surface area contributed by atoms with Crippen molar-refractivity contribution in [3.05, 3.63) is 60.0 Å². The Hall–Kier alpha value is -1.90. The summed E-state index contributed by atoms with van der Waals surface area (Å²) in [6.07, 6.45) is 7.10. The van der Waals surface area contributed by atoms with Crippen LogP contribution in [-0.2, 0) is 16.0 Å². The monoisotopic (exact) mass is 220 g/mol. The molecule has 0 saturated heterocycles. The third-order valence-electron chi connectivity index (χ3n) is 1.92. The molecule has 0 radical (unpaired) electrons. The van der Waals surface area contributed by atoms with Crippen molar-refractivity contribution in [3.63, 3.8) is 0 Å². The van der Waals surface area contributed by atoms with Crippen LogP contribution < -0.4 is 0 Å². The normalized spacial score (nSPS) is 11.1. The Balaban J connectivity index is 2.43. The maximum absolute atomic E-state index is 12.8. The van der Waals surface area contributed by atoms with Crippen molar-refractivity contribution in [2.75, 3.05) is 7.11 Å². The number of carbonyl (C=O) groups excluding carboxylic acids is 1. The maximum atomic E-state index is 12.8. The number of benzene rings is 1. The Morgan fingerprint density at radius 1 is 1.44 bits per heavy atom. The van der Waals surface area contributed by atoms with Crippen molar-refractivity contribution < 1.29 is 13.9 Å². The molecule has 0 aliphatic carbocycles. The number of carbonyl (C=O) groups is 1. The summed E-state index contributed by atoms with van der Waals surface area (Å²) < 4.78 is 17.2. The summed E-state index contributed by atoms with van der Waals surface area (Å²) in [5.41, 5.74) is 0.891. The van der Waals surface area contributed by atoms with Crippen LogP contribution in [0.1, 0.15) is 5.56 Å². The number of rotatable bonds is 4. The van der Waals surface area contributed by atoms with Gasteiger partial charge in [-0.25, -0.2) is 9.18 Å². The summed E-state index contributed by atoms with van der Waals surface area (Å²) in [4.78, 5) is 10.7. The number of esters is 1. The molecule has 0 bridgehead atoms. The number of methoxy groups -OCH3 is 1. The lowest BCUT2D eigenvalue weighted by molar-refractivity contribution is -0.134. The van der Waals surface area contributed by atoms with E-state index in [1.54, 1.807) is 18.2 Å². The lowest BCUT2D eigenvalue weighted by Gasteiger charge is -1.94. The first-order valence-electron chi connectivity index (χ1n) is 4.88. The average Bonchev–Trinajstić information content (AvgIpc) is 2.28. The van der Waals surface area contributed by atoms with Crippen LogP contribution in [-0.4, -0.2) is 13.1 Å². The zero-order valence-corrected chi connectivity index (χ0v) is 9.02. The molecule has 84 valence electrons. The first kappa shape index (κ1) is 12.2. The van der Waals surface area contributed by atoms with Crippen LogP contribution in [0.15, 0.2) is 48.6 Å². The quantitative estimate of drug-likeness (QED) is 0.443. The second kappa shape index (κ2) is 6.56. The molecule has 0 unspecified atom stereocenters. The van der Waals surface area contributed by atoms with Gasteiger partial charge in [0.2, 0.25) is 0 Å². The van der Waals surface area contributed by atoms with Gasteiger partial charge in [-0.05, 0) is 24.1 Å². The number of allylic oxidation sites excluding steroid dienone is 3. The van der Waals surface area contributed by atoms with Crippen molar-refractivity contribution in [2.24, 2.45) is 0 Å². The topological polar surface area (TPSA) is 26.3 Å². The van der Waals surface area contributed by atoms with Crippen LogP contribution in [0, 0.1) is 5.82 Å². The van der Waals surface area contributed by atoms with E-state index < -0.39 is 5.97 Å². The van der Waals surface area contributed by atoms with E-state index in [0.717, 1.165) is 5.56 Å².